The molecule has 0 aliphatic heterocycles. The van der Waals surface area contributed by atoms with Crippen molar-refractivity contribution in [2.75, 3.05) is 0 Å². The molecular weight excluding hydrogens is 130 g/mol. The first-order valence-corrected chi connectivity index (χ1v) is 3.55. The Morgan fingerprint density at radius 3 is 2.90 bits per heavy atom. The van der Waals surface area contributed by atoms with Crippen molar-refractivity contribution in [3.8, 4) is 0 Å². The van der Waals surface area contributed by atoms with Gasteiger partial charge in [-0.2, -0.15) is 0 Å². The number of nitrogens with two attached hydrogens (primary N) is 1. The van der Waals surface area contributed by atoms with E-state index in [9.17, 15) is 0 Å². The van der Waals surface area contributed by atoms with Gasteiger partial charge in [-0.1, -0.05) is 11.6 Å². The highest BCUT2D eigenvalue weighted by Gasteiger charge is 2.18. The summed E-state index contributed by atoms with van der Waals surface area (Å²) in [5.74, 6) is 5.23. The van der Waals surface area contributed by atoms with Gasteiger partial charge in [0.25, 0.3) is 0 Å². The molecule has 4 nitrogen and oxygen atoms in total. The Kier molecular flexibility index (Phi) is 2.65. The molecule has 10 heavy (non-hydrogen) atoms. The zero-order valence-electron chi connectivity index (χ0n) is 5.88. The smallest absolute Gasteiger partial charge is 0.0753 e. The van der Waals surface area contributed by atoms with Crippen molar-refractivity contribution in [3.63, 3.8) is 0 Å². The van der Waals surface area contributed by atoms with E-state index in [2.05, 4.69) is 10.6 Å². The second-order valence-corrected chi connectivity index (χ2v) is 2.56. The summed E-state index contributed by atoms with van der Waals surface area (Å²) in [5, 5.41) is 11.7. The van der Waals surface area contributed by atoms with E-state index < -0.39 is 0 Å². The van der Waals surface area contributed by atoms with Gasteiger partial charge in [-0.3, -0.25) is 11.3 Å². The highest BCUT2D eigenvalue weighted by Crippen LogP contribution is 2.14. The Hall–Kier alpha value is -0.610. The van der Waals surface area contributed by atoms with E-state index in [4.69, 9.17) is 11.0 Å². The molecule has 1 fully saturated rings. The number of hydrogen-bond acceptors (Lipinski definition) is 4. The van der Waals surface area contributed by atoms with Crippen LogP contribution in [0.5, 0.6) is 0 Å². The van der Waals surface area contributed by atoms with Gasteiger partial charge in [0.2, 0.25) is 0 Å². The lowest BCUT2D eigenvalue weighted by Gasteiger charge is -2.21. The molecular formula is C6H13N3O. The molecule has 0 bridgehead atoms. The fraction of sp³-hybridized carbons (Fsp3) is 0.833. The number of rotatable bonds is 1. The lowest BCUT2D eigenvalue weighted by Crippen LogP contribution is -2.43. The van der Waals surface area contributed by atoms with Crippen molar-refractivity contribution in [1.29, 1.82) is 0 Å². The van der Waals surface area contributed by atoms with Crippen LogP contribution in [0.15, 0.2) is 5.16 Å². The summed E-state index contributed by atoms with van der Waals surface area (Å²) >= 11 is 0. The Bertz CT molecular complexity index is 135. The van der Waals surface area contributed by atoms with Gasteiger partial charge < -0.3 is 5.21 Å². The molecule has 0 saturated heterocycles. The molecule has 0 radical (unpaired) electrons. The Morgan fingerprint density at radius 1 is 1.60 bits per heavy atom. The topological polar surface area (TPSA) is 70.6 Å². The minimum Gasteiger partial charge on any atom is -0.411 e. The second-order valence-electron chi connectivity index (χ2n) is 2.56. The van der Waals surface area contributed by atoms with Crippen LogP contribution in [0, 0.1) is 0 Å². The van der Waals surface area contributed by atoms with Crippen molar-refractivity contribution in [2.24, 2.45) is 11.0 Å². The lowest BCUT2D eigenvalue weighted by atomic mass is 9.94. The molecule has 0 spiro atoms. The average Bonchev–Trinajstić information content (AvgIpc) is 2.04. The SMILES string of the molecule is NNC1CCCC/C1=N\O. The lowest BCUT2D eigenvalue weighted by molar-refractivity contribution is 0.310. The van der Waals surface area contributed by atoms with Crippen LogP contribution >= 0.6 is 0 Å². The highest BCUT2D eigenvalue weighted by molar-refractivity contribution is 5.89. The Morgan fingerprint density at radius 2 is 2.40 bits per heavy atom. The van der Waals surface area contributed by atoms with Gasteiger partial charge in [0.15, 0.2) is 0 Å². The monoisotopic (exact) mass is 143 g/mol. The van der Waals surface area contributed by atoms with E-state index in [-0.39, 0.29) is 6.04 Å². The molecule has 1 aliphatic carbocycles. The Balaban J connectivity index is 2.50. The second kappa shape index (κ2) is 3.53. The fourth-order valence-corrected chi connectivity index (χ4v) is 1.29. The first kappa shape index (κ1) is 7.50. The maximum absolute atomic E-state index is 8.48. The van der Waals surface area contributed by atoms with Gasteiger partial charge in [-0.05, 0) is 19.3 Å². The van der Waals surface area contributed by atoms with Gasteiger partial charge in [-0.25, -0.2) is 0 Å². The number of oxime groups is 1. The third-order valence-electron chi connectivity index (χ3n) is 1.91. The minimum atomic E-state index is 0.0961. The summed E-state index contributed by atoms with van der Waals surface area (Å²) in [7, 11) is 0. The normalized spacial score (nSPS) is 30.9. The zero-order chi connectivity index (χ0) is 7.40. The molecule has 1 aliphatic rings. The van der Waals surface area contributed by atoms with Crippen molar-refractivity contribution in [3.05, 3.63) is 0 Å². The molecule has 1 rings (SSSR count). The van der Waals surface area contributed by atoms with Crippen molar-refractivity contribution < 1.29 is 5.21 Å². The van der Waals surface area contributed by atoms with Crippen LogP contribution in [0.1, 0.15) is 25.7 Å². The quantitative estimate of drug-likeness (QED) is 0.279. The number of nitrogens with zero attached hydrogens (tertiary/aromatic N) is 1. The van der Waals surface area contributed by atoms with E-state index in [1.165, 1.54) is 0 Å². The molecule has 0 aromatic heterocycles. The van der Waals surface area contributed by atoms with Crippen LogP contribution in [0.3, 0.4) is 0 Å². The molecule has 1 unspecified atom stereocenters. The molecule has 1 saturated carbocycles. The van der Waals surface area contributed by atoms with E-state index in [1.54, 1.807) is 0 Å². The van der Waals surface area contributed by atoms with Crippen LogP contribution < -0.4 is 11.3 Å². The molecule has 4 heteroatoms. The number of nitrogens with one attached hydrogen (secondary N) is 1. The summed E-state index contributed by atoms with van der Waals surface area (Å²) in [6, 6.07) is 0.0961. The van der Waals surface area contributed by atoms with Crippen LogP contribution in [0.25, 0.3) is 0 Å². The molecule has 0 aromatic rings. The number of hydrogen-bond donors (Lipinski definition) is 3. The minimum absolute atomic E-state index is 0.0961. The maximum Gasteiger partial charge on any atom is 0.0753 e. The summed E-state index contributed by atoms with van der Waals surface area (Å²) < 4.78 is 0. The standard InChI is InChI=1S/C6H13N3O/c7-8-5-3-1-2-4-6(5)9-10/h5,8,10H,1-4,7H2/b9-6+. The van der Waals surface area contributed by atoms with Crippen LogP contribution in [0.2, 0.25) is 0 Å². The van der Waals surface area contributed by atoms with Crippen LogP contribution in [0.4, 0.5) is 0 Å². The predicted octanol–water partition coefficient (Wildman–Crippen LogP) is 0.222. The first-order chi connectivity index (χ1) is 4.88. The van der Waals surface area contributed by atoms with Gasteiger partial charge in [0.05, 0.1) is 11.8 Å². The van der Waals surface area contributed by atoms with Gasteiger partial charge in [0, 0.05) is 0 Å². The zero-order valence-corrected chi connectivity index (χ0v) is 5.88. The van der Waals surface area contributed by atoms with Crippen molar-refractivity contribution >= 4 is 5.71 Å². The highest BCUT2D eigenvalue weighted by atomic mass is 16.4. The summed E-state index contributed by atoms with van der Waals surface area (Å²) in [6.07, 6.45) is 4.12. The number of hydrazine groups is 1. The van der Waals surface area contributed by atoms with E-state index in [0.717, 1.165) is 31.4 Å². The maximum atomic E-state index is 8.48. The first-order valence-electron chi connectivity index (χ1n) is 3.55. The summed E-state index contributed by atoms with van der Waals surface area (Å²) in [5.41, 5.74) is 3.40. The summed E-state index contributed by atoms with van der Waals surface area (Å²) in [4.78, 5) is 0. The Labute approximate surface area is 60.1 Å². The van der Waals surface area contributed by atoms with Crippen molar-refractivity contribution in [2.45, 2.75) is 31.7 Å². The molecule has 58 valence electrons. The third-order valence-corrected chi connectivity index (χ3v) is 1.91. The average molecular weight is 143 g/mol. The predicted molar refractivity (Wildman–Crippen MR) is 38.8 cm³/mol. The van der Waals surface area contributed by atoms with E-state index in [0.29, 0.717) is 0 Å². The molecule has 4 N–H and O–H groups in total. The largest absolute Gasteiger partial charge is 0.411 e. The molecule has 0 aromatic carbocycles. The molecule has 0 heterocycles. The molecule has 1 atom stereocenters. The van der Waals surface area contributed by atoms with Gasteiger partial charge in [-0.15, -0.1) is 0 Å². The molecule has 0 amide bonds. The van der Waals surface area contributed by atoms with Crippen LogP contribution in [-0.2, 0) is 0 Å². The van der Waals surface area contributed by atoms with Gasteiger partial charge in [0.1, 0.15) is 0 Å². The van der Waals surface area contributed by atoms with E-state index >= 15 is 0 Å². The van der Waals surface area contributed by atoms with Gasteiger partial charge >= 0.3 is 0 Å². The summed E-state index contributed by atoms with van der Waals surface area (Å²) in [6.45, 7) is 0. The van der Waals surface area contributed by atoms with Crippen LogP contribution in [-0.4, -0.2) is 17.0 Å². The third kappa shape index (κ3) is 1.46. The van der Waals surface area contributed by atoms with Crippen molar-refractivity contribution in [1.82, 2.24) is 5.43 Å². The van der Waals surface area contributed by atoms with E-state index in [1.807, 2.05) is 0 Å². The fourth-order valence-electron chi connectivity index (χ4n) is 1.29.